The van der Waals surface area contributed by atoms with Crippen molar-refractivity contribution in [3.05, 3.63) is 35.9 Å². The summed E-state index contributed by atoms with van der Waals surface area (Å²) < 4.78 is 5.30. The molecule has 4 heteroatoms. The van der Waals surface area contributed by atoms with Crippen molar-refractivity contribution in [2.24, 2.45) is 11.3 Å². The number of carbonyl (C=O) groups excluding carboxylic acids is 1. The molecule has 104 valence electrons. The van der Waals surface area contributed by atoms with Crippen LogP contribution in [0.25, 0.3) is 0 Å². The van der Waals surface area contributed by atoms with Crippen LogP contribution in [0.15, 0.2) is 30.3 Å². The van der Waals surface area contributed by atoms with E-state index in [2.05, 4.69) is 13.8 Å². The quantitative estimate of drug-likeness (QED) is 0.910. The van der Waals surface area contributed by atoms with Crippen LogP contribution in [-0.4, -0.2) is 35.8 Å². The highest BCUT2D eigenvalue weighted by atomic mass is 16.6. The van der Waals surface area contributed by atoms with E-state index in [0.29, 0.717) is 19.7 Å². The Kier molecular flexibility index (Phi) is 4.10. The zero-order chi connectivity index (χ0) is 13.9. The normalized spacial score (nSPS) is 21.4. The zero-order valence-electron chi connectivity index (χ0n) is 11.5. The smallest absolute Gasteiger partial charge is 0.410 e. The summed E-state index contributed by atoms with van der Waals surface area (Å²) >= 11 is 0. The third kappa shape index (κ3) is 3.26. The Morgan fingerprint density at radius 2 is 2.11 bits per heavy atom. The summed E-state index contributed by atoms with van der Waals surface area (Å²) in [6.45, 7) is 5.73. The van der Waals surface area contributed by atoms with Crippen molar-refractivity contribution in [3.63, 3.8) is 0 Å². The monoisotopic (exact) mass is 263 g/mol. The molecular weight excluding hydrogens is 242 g/mol. The lowest BCUT2D eigenvalue weighted by Gasteiger charge is -2.23. The van der Waals surface area contributed by atoms with Crippen molar-refractivity contribution in [2.45, 2.75) is 20.5 Å². The molecule has 1 aliphatic heterocycles. The minimum atomic E-state index is -0.298. The van der Waals surface area contributed by atoms with Crippen LogP contribution in [0.2, 0.25) is 0 Å². The van der Waals surface area contributed by atoms with Gasteiger partial charge in [0.1, 0.15) is 6.61 Å². The highest BCUT2D eigenvalue weighted by Gasteiger charge is 2.41. The number of carbonyl (C=O) groups is 1. The molecule has 0 spiro atoms. The highest BCUT2D eigenvalue weighted by molar-refractivity contribution is 5.68. The average Bonchev–Trinajstić information content (AvgIpc) is 2.72. The second-order valence-electron chi connectivity index (χ2n) is 5.79. The molecule has 1 aromatic carbocycles. The van der Waals surface area contributed by atoms with Gasteiger partial charge in [0, 0.05) is 25.6 Å². The van der Waals surface area contributed by atoms with E-state index in [9.17, 15) is 9.90 Å². The number of aliphatic hydroxyl groups is 1. The largest absolute Gasteiger partial charge is 0.445 e. The molecule has 1 fully saturated rings. The zero-order valence-corrected chi connectivity index (χ0v) is 11.5. The minimum absolute atomic E-state index is 0.0550. The minimum Gasteiger partial charge on any atom is -0.445 e. The van der Waals surface area contributed by atoms with Gasteiger partial charge >= 0.3 is 6.09 Å². The van der Waals surface area contributed by atoms with Gasteiger partial charge in [-0.3, -0.25) is 0 Å². The first-order chi connectivity index (χ1) is 9.03. The Balaban J connectivity index is 1.88. The van der Waals surface area contributed by atoms with E-state index in [0.717, 1.165) is 5.56 Å². The molecule has 1 amide bonds. The Labute approximate surface area is 114 Å². The van der Waals surface area contributed by atoms with E-state index < -0.39 is 0 Å². The van der Waals surface area contributed by atoms with Gasteiger partial charge in [-0.1, -0.05) is 44.2 Å². The van der Waals surface area contributed by atoms with E-state index in [1.807, 2.05) is 30.3 Å². The summed E-state index contributed by atoms with van der Waals surface area (Å²) in [6, 6.07) is 9.63. The van der Waals surface area contributed by atoms with Gasteiger partial charge in [-0.15, -0.1) is 0 Å². The predicted octanol–water partition coefficient (Wildman–Crippen LogP) is 2.27. The molecular formula is C15H21NO3. The lowest BCUT2D eigenvalue weighted by molar-refractivity contribution is 0.101. The van der Waals surface area contributed by atoms with Crippen LogP contribution in [0, 0.1) is 11.3 Å². The molecule has 0 bridgehead atoms. The fourth-order valence-electron chi connectivity index (χ4n) is 2.45. The number of aliphatic hydroxyl groups excluding tert-OH is 1. The Hall–Kier alpha value is -1.55. The number of ether oxygens (including phenoxy) is 1. The van der Waals surface area contributed by atoms with Gasteiger partial charge in [0.2, 0.25) is 0 Å². The summed E-state index contributed by atoms with van der Waals surface area (Å²) in [5.74, 6) is 0.122. The number of hydrogen-bond donors (Lipinski definition) is 1. The second kappa shape index (κ2) is 5.61. The molecule has 1 N–H and O–H groups in total. The van der Waals surface area contributed by atoms with Crippen molar-refractivity contribution in [1.82, 2.24) is 4.90 Å². The van der Waals surface area contributed by atoms with E-state index in [1.54, 1.807) is 4.90 Å². The Morgan fingerprint density at radius 3 is 2.68 bits per heavy atom. The summed E-state index contributed by atoms with van der Waals surface area (Å²) in [5, 5.41) is 9.33. The number of hydrogen-bond acceptors (Lipinski definition) is 3. The van der Waals surface area contributed by atoms with Gasteiger partial charge in [0.05, 0.1) is 0 Å². The van der Waals surface area contributed by atoms with Gasteiger partial charge in [-0.05, 0) is 11.0 Å². The molecule has 4 nitrogen and oxygen atoms in total. The van der Waals surface area contributed by atoms with Gasteiger partial charge in [-0.2, -0.15) is 0 Å². The maximum atomic E-state index is 12.0. The highest BCUT2D eigenvalue weighted by Crippen LogP contribution is 2.35. The Bertz CT molecular complexity index is 430. The van der Waals surface area contributed by atoms with E-state index >= 15 is 0 Å². The first-order valence-corrected chi connectivity index (χ1v) is 6.59. The van der Waals surface area contributed by atoms with Crippen LogP contribution in [-0.2, 0) is 11.3 Å². The molecule has 0 aliphatic carbocycles. The number of nitrogens with zero attached hydrogens (tertiary/aromatic N) is 1. The van der Waals surface area contributed by atoms with Crippen molar-refractivity contribution in [2.75, 3.05) is 19.7 Å². The van der Waals surface area contributed by atoms with E-state index in [-0.39, 0.29) is 24.0 Å². The first-order valence-electron chi connectivity index (χ1n) is 6.59. The summed E-state index contributed by atoms with van der Waals surface area (Å²) in [7, 11) is 0. The van der Waals surface area contributed by atoms with Crippen molar-refractivity contribution in [3.8, 4) is 0 Å². The van der Waals surface area contributed by atoms with Gasteiger partial charge < -0.3 is 14.7 Å². The molecule has 0 aromatic heterocycles. The Morgan fingerprint density at radius 1 is 1.42 bits per heavy atom. The number of rotatable bonds is 3. The molecule has 1 saturated heterocycles. The maximum Gasteiger partial charge on any atom is 0.410 e. The van der Waals surface area contributed by atoms with Crippen molar-refractivity contribution in [1.29, 1.82) is 0 Å². The molecule has 1 atom stereocenters. The fraction of sp³-hybridized carbons (Fsp3) is 0.533. The van der Waals surface area contributed by atoms with Crippen molar-refractivity contribution < 1.29 is 14.6 Å². The first kappa shape index (κ1) is 13.9. The fourth-order valence-corrected chi connectivity index (χ4v) is 2.45. The molecule has 0 radical (unpaired) electrons. The molecule has 19 heavy (non-hydrogen) atoms. The topological polar surface area (TPSA) is 49.8 Å². The van der Waals surface area contributed by atoms with Gasteiger partial charge in [0.15, 0.2) is 0 Å². The van der Waals surface area contributed by atoms with E-state index in [1.165, 1.54) is 0 Å². The SMILES string of the molecule is CC1(C)CN(C(=O)OCc2ccccc2)CC1CO. The number of benzene rings is 1. The number of likely N-dealkylation sites (tertiary alicyclic amines) is 1. The van der Waals surface area contributed by atoms with Crippen LogP contribution in [0.5, 0.6) is 0 Å². The number of amides is 1. The van der Waals surface area contributed by atoms with Crippen LogP contribution in [0.3, 0.4) is 0 Å². The second-order valence-corrected chi connectivity index (χ2v) is 5.79. The lowest BCUT2D eigenvalue weighted by atomic mass is 9.83. The van der Waals surface area contributed by atoms with Crippen LogP contribution >= 0.6 is 0 Å². The lowest BCUT2D eigenvalue weighted by Crippen LogP contribution is -2.30. The van der Waals surface area contributed by atoms with Crippen LogP contribution in [0.1, 0.15) is 19.4 Å². The van der Waals surface area contributed by atoms with Crippen LogP contribution in [0.4, 0.5) is 4.79 Å². The maximum absolute atomic E-state index is 12.0. The van der Waals surface area contributed by atoms with Gasteiger partial charge in [-0.25, -0.2) is 4.79 Å². The summed E-state index contributed by atoms with van der Waals surface area (Å²) in [5.41, 5.74) is 0.925. The average molecular weight is 263 g/mol. The summed E-state index contributed by atoms with van der Waals surface area (Å²) in [6.07, 6.45) is -0.298. The summed E-state index contributed by atoms with van der Waals surface area (Å²) in [4.78, 5) is 13.7. The standard InChI is InChI=1S/C15H21NO3/c1-15(2)11-16(8-13(15)9-17)14(18)19-10-12-6-4-3-5-7-12/h3-7,13,17H,8-11H2,1-2H3. The molecule has 0 saturated carbocycles. The van der Waals surface area contributed by atoms with Gasteiger partial charge in [0.25, 0.3) is 0 Å². The van der Waals surface area contributed by atoms with E-state index in [4.69, 9.17) is 4.74 Å². The van der Waals surface area contributed by atoms with Crippen molar-refractivity contribution >= 4 is 6.09 Å². The molecule has 1 unspecified atom stereocenters. The van der Waals surface area contributed by atoms with Crippen LogP contribution < -0.4 is 0 Å². The molecule has 1 heterocycles. The molecule has 1 aliphatic rings. The predicted molar refractivity (Wildman–Crippen MR) is 72.6 cm³/mol. The third-order valence-electron chi connectivity index (χ3n) is 3.83. The third-order valence-corrected chi connectivity index (χ3v) is 3.83. The molecule has 2 rings (SSSR count). The molecule has 1 aromatic rings.